The number of hydrogen-bond donors (Lipinski definition) is 0. The molecule has 2 aromatic rings. The van der Waals surface area contributed by atoms with Gasteiger partial charge in [-0.15, -0.1) is 0 Å². The summed E-state index contributed by atoms with van der Waals surface area (Å²) in [6.45, 7) is 4.62. The van der Waals surface area contributed by atoms with Gasteiger partial charge in [-0.3, -0.25) is 0 Å². The maximum absolute atomic E-state index is 2.56. The van der Waals surface area contributed by atoms with Crippen molar-refractivity contribution in [2.75, 3.05) is 0 Å². The van der Waals surface area contributed by atoms with Gasteiger partial charge in [0.05, 0.1) is 0 Å². The quantitative estimate of drug-likeness (QED) is 0.602. The summed E-state index contributed by atoms with van der Waals surface area (Å²) < 4.78 is 0.647. The molecule has 0 aliphatic heterocycles. The van der Waals surface area contributed by atoms with E-state index in [0.717, 1.165) is 6.42 Å². The third-order valence-corrected chi connectivity index (χ3v) is 7.91. The van der Waals surface area contributed by atoms with Crippen molar-refractivity contribution < 1.29 is 49.5 Å². The van der Waals surface area contributed by atoms with Crippen molar-refractivity contribution in [3.05, 3.63) is 75.4 Å². The summed E-state index contributed by atoms with van der Waals surface area (Å²) in [6, 6.07) is 11.7. The standard InChI is InChI=1S/C24H23.2ClH.Zr/c1-3-15-9-10-19(17(15)4-2)24-14-23-18-8-6-5-7-16(18)13-22(23)20-11-12-21(20)24;;;/h5-9,13-14H,3-4,10-12H2,1-2H3;2*1H;/q;;;+2/p-2. The molecule has 0 saturated carbocycles. The Morgan fingerprint density at radius 1 is 0.926 bits per heavy atom. The molecule has 0 spiro atoms. The molecule has 0 heterocycles. The largest absolute Gasteiger partial charge is 1.00 e. The summed E-state index contributed by atoms with van der Waals surface area (Å²) in [6.07, 6.45) is 8.52. The fourth-order valence-electron chi connectivity index (χ4n) is 5.15. The molecule has 0 bridgehead atoms. The van der Waals surface area contributed by atoms with E-state index >= 15 is 0 Å². The molecule has 0 fully saturated rings. The van der Waals surface area contributed by atoms with Crippen molar-refractivity contribution in [3.63, 3.8) is 0 Å². The molecular formula is C24H23Cl2Zr. The molecule has 0 saturated heterocycles. The number of fused-ring (bicyclic) bond motifs is 5. The summed E-state index contributed by atoms with van der Waals surface area (Å²) in [7, 11) is 0. The van der Waals surface area contributed by atoms with Crippen LogP contribution in [0.2, 0.25) is 0 Å². The summed E-state index contributed by atoms with van der Waals surface area (Å²) >= 11 is 1.63. The van der Waals surface area contributed by atoms with Crippen LogP contribution >= 0.6 is 0 Å². The Morgan fingerprint density at radius 2 is 1.67 bits per heavy atom. The van der Waals surface area contributed by atoms with Crippen LogP contribution < -0.4 is 24.8 Å². The van der Waals surface area contributed by atoms with Crippen molar-refractivity contribution in [1.82, 2.24) is 0 Å². The topological polar surface area (TPSA) is 0 Å². The fraction of sp³-hybridized carbons (Fsp3) is 0.333. The molecule has 0 nitrogen and oxygen atoms in total. The van der Waals surface area contributed by atoms with Crippen molar-refractivity contribution in [2.24, 2.45) is 0 Å². The zero-order chi connectivity index (χ0) is 17.1. The molecule has 1 atom stereocenters. The van der Waals surface area contributed by atoms with Crippen LogP contribution in [-0.2, 0) is 37.6 Å². The normalized spacial score (nSPS) is 18.7. The molecule has 3 aliphatic rings. The minimum atomic E-state index is 0. The van der Waals surface area contributed by atoms with Crippen LogP contribution in [0.5, 0.6) is 0 Å². The van der Waals surface area contributed by atoms with E-state index in [2.05, 4.69) is 50.3 Å². The molecule has 3 aliphatic carbocycles. The summed E-state index contributed by atoms with van der Waals surface area (Å²) in [5, 5.41) is 0. The maximum atomic E-state index is 2.56. The van der Waals surface area contributed by atoms with Crippen LogP contribution in [0.3, 0.4) is 0 Å². The van der Waals surface area contributed by atoms with Gasteiger partial charge in [0.1, 0.15) is 0 Å². The molecule has 1 unspecified atom stereocenters. The Balaban J connectivity index is 0.00000105. The van der Waals surface area contributed by atoms with Crippen molar-refractivity contribution in [3.8, 4) is 11.1 Å². The Labute approximate surface area is 190 Å². The van der Waals surface area contributed by atoms with E-state index in [-0.39, 0.29) is 24.8 Å². The van der Waals surface area contributed by atoms with Gasteiger partial charge in [-0.2, -0.15) is 0 Å². The molecule has 0 amide bonds. The van der Waals surface area contributed by atoms with E-state index in [1.165, 1.54) is 31.2 Å². The number of halogens is 2. The van der Waals surface area contributed by atoms with Gasteiger partial charge in [0, 0.05) is 0 Å². The van der Waals surface area contributed by atoms with Gasteiger partial charge in [0.15, 0.2) is 0 Å². The second kappa shape index (κ2) is 8.02. The Morgan fingerprint density at radius 3 is 2.33 bits per heavy atom. The van der Waals surface area contributed by atoms with E-state index in [1.54, 1.807) is 74.8 Å². The van der Waals surface area contributed by atoms with Gasteiger partial charge in [-0.05, 0) is 0 Å². The summed E-state index contributed by atoms with van der Waals surface area (Å²) in [4.78, 5) is 0. The smallest absolute Gasteiger partial charge is 1.00 e. The molecule has 27 heavy (non-hydrogen) atoms. The zero-order valence-corrected chi connectivity index (χ0v) is 19.8. The number of allylic oxidation sites excluding steroid dienone is 4. The van der Waals surface area contributed by atoms with Gasteiger partial charge in [-0.1, -0.05) is 0 Å². The number of benzene rings is 2. The first kappa shape index (κ1) is 21.1. The first-order chi connectivity index (χ1) is 12.2. The van der Waals surface area contributed by atoms with Gasteiger partial charge >= 0.3 is 166 Å². The fourth-order valence-corrected chi connectivity index (χ4v) is 6.58. The first-order valence-electron chi connectivity index (χ1n) is 9.65. The molecule has 5 rings (SSSR count). The average molecular weight is 474 g/mol. The molecule has 0 N–H and O–H groups in total. The van der Waals surface area contributed by atoms with Crippen molar-refractivity contribution in [2.45, 2.75) is 49.6 Å². The van der Waals surface area contributed by atoms with Crippen LogP contribution in [-0.4, -0.2) is 0 Å². The van der Waals surface area contributed by atoms with Crippen LogP contribution in [0, 0.1) is 0 Å². The van der Waals surface area contributed by atoms with Crippen LogP contribution in [0.4, 0.5) is 0 Å². The SMILES string of the molecule is CCC1=CCC(c2cc3c(c4c2CC4)[CH]([Zr+2])c2ccccc2-3)=C1CC.[Cl-].[Cl-]. The minimum absolute atomic E-state index is 0. The zero-order valence-electron chi connectivity index (χ0n) is 15.8. The van der Waals surface area contributed by atoms with Crippen LogP contribution in [0.15, 0.2) is 47.6 Å². The van der Waals surface area contributed by atoms with Crippen molar-refractivity contribution in [1.29, 1.82) is 0 Å². The van der Waals surface area contributed by atoms with E-state index in [4.69, 9.17) is 0 Å². The van der Waals surface area contributed by atoms with E-state index < -0.39 is 0 Å². The van der Waals surface area contributed by atoms with Crippen molar-refractivity contribution >= 4 is 5.57 Å². The third kappa shape index (κ3) is 2.97. The molecule has 0 aromatic heterocycles. The molecule has 3 heteroatoms. The first-order valence-corrected chi connectivity index (χ1v) is 11.1. The summed E-state index contributed by atoms with van der Waals surface area (Å²) in [5.74, 6) is 0. The summed E-state index contributed by atoms with van der Waals surface area (Å²) in [5.41, 5.74) is 16.1. The van der Waals surface area contributed by atoms with Gasteiger partial charge < -0.3 is 24.8 Å². The maximum Gasteiger partial charge on any atom is -1.00 e. The van der Waals surface area contributed by atoms with Crippen LogP contribution in [0.25, 0.3) is 16.7 Å². The predicted octanol–water partition coefficient (Wildman–Crippen LogP) is 0.314. The van der Waals surface area contributed by atoms with E-state index in [9.17, 15) is 0 Å². The van der Waals surface area contributed by atoms with Crippen LogP contribution in [0.1, 0.15) is 64.6 Å². The molecule has 0 radical (unpaired) electrons. The Bertz CT molecular complexity index is 969. The second-order valence-corrected chi connectivity index (χ2v) is 8.88. The monoisotopic (exact) mass is 471 g/mol. The predicted molar refractivity (Wildman–Crippen MR) is 101 cm³/mol. The van der Waals surface area contributed by atoms with Gasteiger partial charge in [0.25, 0.3) is 0 Å². The average Bonchev–Trinajstić information content (AvgIpc) is 3.14. The molecular weight excluding hydrogens is 450 g/mol. The van der Waals surface area contributed by atoms with Gasteiger partial charge in [-0.25, -0.2) is 0 Å². The third-order valence-electron chi connectivity index (χ3n) is 6.43. The van der Waals surface area contributed by atoms with Gasteiger partial charge in [0.2, 0.25) is 0 Å². The number of hydrogen-bond acceptors (Lipinski definition) is 0. The van der Waals surface area contributed by atoms with E-state index in [0.29, 0.717) is 3.63 Å². The number of rotatable bonds is 3. The second-order valence-electron chi connectivity index (χ2n) is 7.46. The Hall–Kier alpha value is -0.617. The molecule has 2 aromatic carbocycles. The molecule has 137 valence electrons. The Kier molecular flexibility index (Phi) is 6.27. The minimum Gasteiger partial charge on any atom is -1.00 e. The van der Waals surface area contributed by atoms with E-state index in [1.807, 2.05) is 0 Å².